The number of sulfonamides is 1. The molecule has 0 spiro atoms. The van der Waals surface area contributed by atoms with Crippen molar-refractivity contribution < 1.29 is 22.8 Å². The molecule has 0 aliphatic carbocycles. The van der Waals surface area contributed by atoms with Crippen molar-refractivity contribution >= 4 is 39.2 Å². The summed E-state index contributed by atoms with van der Waals surface area (Å²) < 4.78 is 25.9. The van der Waals surface area contributed by atoms with Crippen LogP contribution in [-0.4, -0.2) is 55.5 Å². The van der Waals surface area contributed by atoms with E-state index in [0.29, 0.717) is 37.2 Å². The topological polar surface area (TPSA) is 116 Å². The second kappa shape index (κ2) is 8.02. The van der Waals surface area contributed by atoms with E-state index in [-0.39, 0.29) is 5.75 Å². The molecule has 4 amide bonds. The molecule has 29 heavy (non-hydrogen) atoms. The van der Waals surface area contributed by atoms with Crippen molar-refractivity contribution in [3.05, 3.63) is 24.3 Å². The average Bonchev–Trinajstić information content (AvgIpc) is 2.92. The first-order valence-corrected chi connectivity index (χ1v) is 11.4. The molecule has 2 aliphatic heterocycles. The van der Waals surface area contributed by atoms with Crippen LogP contribution >= 0.6 is 0 Å². The molecular formula is C19H26N4O5S. The summed E-state index contributed by atoms with van der Waals surface area (Å²) in [6.45, 7) is 3.62. The second-order valence-corrected chi connectivity index (χ2v) is 9.32. The molecular weight excluding hydrogens is 396 g/mol. The molecule has 0 unspecified atom stereocenters. The number of carbonyl (C=O) groups excluding carboxylic acids is 3. The number of imide groups is 1. The number of hydrogen-bond acceptors (Lipinski definition) is 5. The highest BCUT2D eigenvalue weighted by atomic mass is 32.2. The van der Waals surface area contributed by atoms with Gasteiger partial charge in [0.05, 0.1) is 11.4 Å². The lowest BCUT2D eigenvalue weighted by atomic mass is 9.93. The van der Waals surface area contributed by atoms with Crippen LogP contribution in [0.2, 0.25) is 0 Å². The minimum absolute atomic E-state index is 0.104. The Labute approximate surface area is 170 Å². The van der Waals surface area contributed by atoms with E-state index in [1.807, 2.05) is 13.8 Å². The maximum Gasteiger partial charge on any atom is 0.325 e. The van der Waals surface area contributed by atoms with Crippen molar-refractivity contribution in [3.8, 4) is 0 Å². The first kappa shape index (κ1) is 21.1. The maximum absolute atomic E-state index is 12.6. The minimum atomic E-state index is -3.36. The van der Waals surface area contributed by atoms with Crippen molar-refractivity contribution in [3.63, 3.8) is 0 Å². The molecule has 0 bridgehead atoms. The van der Waals surface area contributed by atoms with Crippen LogP contribution < -0.4 is 14.9 Å². The molecule has 9 nitrogen and oxygen atoms in total. The van der Waals surface area contributed by atoms with Crippen LogP contribution in [0.1, 0.15) is 39.5 Å². The Kier molecular flexibility index (Phi) is 5.83. The number of carbonyl (C=O) groups is 3. The van der Waals surface area contributed by atoms with Gasteiger partial charge in [-0.2, -0.15) is 0 Å². The lowest BCUT2D eigenvalue weighted by Gasteiger charge is -2.28. The summed E-state index contributed by atoms with van der Waals surface area (Å²) in [7, 11) is -3.36. The van der Waals surface area contributed by atoms with E-state index in [4.69, 9.17) is 0 Å². The van der Waals surface area contributed by atoms with E-state index < -0.39 is 40.0 Å². The zero-order valence-corrected chi connectivity index (χ0v) is 17.4. The Morgan fingerprint density at radius 2 is 1.93 bits per heavy atom. The first-order chi connectivity index (χ1) is 13.7. The lowest BCUT2D eigenvalue weighted by Crippen LogP contribution is -2.46. The SMILES string of the molecule is CCC1(CC)NC(=O)N(CC(=O)Nc2cccc(N3CCCCS3(=O)=O)c2)C1=O. The summed E-state index contributed by atoms with van der Waals surface area (Å²) in [4.78, 5) is 38.2. The van der Waals surface area contributed by atoms with Crippen molar-refractivity contribution in [2.24, 2.45) is 0 Å². The van der Waals surface area contributed by atoms with Gasteiger partial charge in [0.1, 0.15) is 12.1 Å². The molecule has 2 heterocycles. The summed E-state index contributed by atoms with van der Waals surface area (Å²) in [5, 5.41) is 5.33. The predicted octanol–water partition coefficient (Wildman–Crippen LogP) is 1.67. The molecule has 0 atom stereocenters. The summed E-state index contributed by atoms with van der Waals surface area (Å²) in [6.07, 6.45) is 2.30. The van der Waals surface area contributed by atoms with Gasteiger partial charge in [-0.3, -0.25) is 18.8 Å². The second-order valence-electron chi connectivity index (χ2n) is 7.30. The number of nitrogens with zero attached hydrogens (tertiary/aromatic N) is 2. The molecule has 2 saturated heterocycles. The molecule has 2 N–H and O–H groups in total. The van der Waals surface area contributed by atoms with Crippen LogP contribution in [0.5, 0.6) is 0 Å². The lowest BCUT2D eigenvalue weighted by molar-refractivity contribution is -0.134. The van der Waals surface area contributed by atoms with Gasteiger partial charge in [-0.15, -0.1) is 0 Å². The van der Waals surface area contributed by atoms with E-state index >= 15 is 0 Å². The number of hydrogen-bond donors (Lipinski definition) is 2. The van der Waals surface area contributed by atoms with Gasteiger partial charge in [0, 0.05) is 12.2 Å². The number of amides is 4. The zero-order valence-electron chi connectivity index (χ0n) is 16.6. The van der Waals surface area contributed by atoms with Crippen LogP contribution in [0.15, 0.2) is 24.3 Å². The summed E-state index contributed by atoms with van der Waals surface area (Å²) in [5.41, 5.74) is -0.0778. The Morgan fingerprint density at radius 1 is 1.21 bits per heavy atom. The van der Waals surface area contributed by atoms with E-state index in [0.717, 1.165) is 11.3 Å². The number of anilines is 2. The molecule has 2 aliphatic rings. The molecule has 158 valence electrons. The van der Waals surface area contributed by atoms with Gasteiger partial charge >= 0.3 is 6.03 Å². The van der Waals surface area contributed by atoms with E-state index in [2.05, 4.69) is 10.6 Å². The quantitative estimate of drug-likeness (QED) is 0.677. The highest BCUT2D eigenvalue weighted by Crippen LogP contribution is 2.27. The standard InChI is InChI=1S/C19H26N4O5S/c1-3-19(4-2)17(25)22(18(26)21-19)13-16(24)20-14-8-7-9-15(12-14)23-10-5-6-11-29(23,27)28/h7-9,12H,3-6,10-11,13H2,1-2H3,(H,20,24)(H,21,26). The summed E-state index contributed by atoms with van der Waals surface area (Å²) >= 11 is 0. The fraction of sp³-hybridized carbons (Fsp3) is 0.526. The molecule has 2 fully saturated rings. The molecule has 1 aromatic carbocycles. The average molecular weight is 423 g/mol. The van der Waals surface area contributed by atoms with Crippen LogP contribution in [0.4, 0.5) is 16.2 Å². The van der Waals surface area contributed by atoms with Crippen molar-refractivity contribution in [1.29, 1.82) is 0 Å². The first-order valence-electron chi connectivity index (χ1n) is 9.77. The number of nitrogens with one attached hydrogen (secondary N) is 2. The minimum Gasteiger partial charge on any atom is -0.324 e. The van der Waals surface area contributed by atoms with Crippen molar-refractivity contribution in [2.45, 2.75) is 45.1 Å². The van der Waals surface area contributed by atoms with E-state index in [9.17, 15) is 22.8 Å². The van der Waals surface area contributed by atoms with Crippen LogP contribution in [0, 0.1) is 0 Å². The number of urea groups is 1. The van der Waals surface area contributed by atoms with E-state index in [1.54, 1.807) is 24.3 Å². The Hall–Kier alpha value is -2.62. The summed E-state index contributed by atoms with van der Waals surface area (Å²) in [5.74, 6) is -0.835. The zero-order chi connectivity index (χ0) is 21.2. The fourth-order valence-corrected chi connectivity index (χ4v) is 5.34. The van der Waals surface area contributed by atoms with Crippen LogP contribution in [0.25, 0.3) is 0 Å². The Morgan fingerprint density at radius 3 is 2.55 bits per heavy atom. The monoisotopic (exact) mass is 422 g/mol. The highest BCUT2D eigenvalue weighted by molar-refractivity contribution is 7.92. The third-order valence-electron chi connectivity index (χ3n) is 5.52. The van der Waals surface area contributed by atoms with Crippen molar-refractivity contribution in [2.75, 3.05) is 28.5 Å². The molecule has 1 aromatic rings. The summed E-state index contributed by atoms with van der Waals surface area (Å²) in [6, 6.07) is 5.96. The van der Waals surface area contributed by atoms with Crippen molar-refractivity contribution in [1.82, 2.24) is 10.2 Å². The van der Waals surface area contributed by atoms with Gasteiger partial charge in [-0.25, -0.2) is 13.2 Å². The third-order valence-corrected chi connectivity index (χ3v) is 7.39. The number of benzene rings is 1. The smallest absolute Gasteiger partial charge is 0.324 e. The van der Waals surface area contributed by atoms with Crippen LogP contribution in [-0.2, 0) is 19.6 Å². The normalized spacial score (nSPS) is 20.5. The highest BCUT2D eigenvalue weighted by Gasteiger charge is 2.49. The predicted molar refractivity (Wildman–Crippen MR) is 109 cm³/mol. The Bertz CT molecular complexity index is 926. The molecule has 10 heteroatoms. The molecule has 3 rings (SSSR count). The molecule has 0 aromatic heterocycles. The van der Waals surface area contributed by atoms with Gasteiger partial charge < -0.3 is 10.6 Å². The molecule has 0 radical (unpaired) electrons. The van der Waals surface area contributed by atoms with E-state index in [1.165, 1.54) is 4.31 Å². The van der Waals surface area contributed by atoms with Gasteiger partial charge in [0.15, 0.2) is 0 Å². The largest absolute Gasteiger partial charge is 0.325 e. The van der Waals surface area contributed by atoms with Crippen LogP contribution in [0.3, 0.4) is 0 Å². The molecule has 0 saturated carbocycles. The maximum atomic E-state index is 12.6. The van der Waals surface area contributed by atoms with Gasteiger partial charge in [-0.05, 0) is 43.9 Å². The van der Waals surface area contributed by atoms with Gasteiger partial charge in [-0.1, -0.05) is 19.9 Å². The fourth-order valence-electron chi connectivity index (χ4n) is 3.71. The van der Waals surface area contributed by atoms with Gasteiger partial charge in [0.2, 0.25) is 15.9 Å². The Balaban J connectivity index is 1.70. The number of rotatable bonds is 6. The third kappa shape index (κ3) is 4.07. The van der Waals surface area contributed by atoms with Gasteiger partial charge in [0.25, 0.3) is 5.91 Å².